The summed E-state index contributed by atoms with van der Waals surface area (Å²) in [5, 5.41) is 15.7. The van der Waals surface area contributed by atoms with E-state index < -0.39 is 5.92 Å². The Morgan fingerprint density at radius 1 is 1.06 bits per heavy atom. The van der Waals surface area contributed by atoms with Gasteiger partial charge in [-0.3, -0.25) is 4.79 Å². The molecule has 2 heterocycles. The van der Waals surface area contributed by atoms with E-state index in [-0.39, 0.29) is 24.1 Å². The lowest BCUT2D eigenvalue weighted by molar-refractivity contribution is -0.119. The second-order valence-electron chi connectivity index (χ2n) is 6.87. The number of phenolic OH excluding ortho intramolecular Hbond substituents is 1. The van der Waals surface area contributed by atoms with Gasteiger partial charge in [-0.15, -0.1) is 0 Å². The molecule has 158 valence electrons. The third kappa shape index (κ3) is 4.92. The van der Waals surface area contributed by atoms with Crippen molar-refractivity contribution in [1.29, 1.82) is 0 Å². The number of allylic oxidation sites excluding steroid dienone is 1. The van der Waals surface area contributed by atoms with E-state index in [1.807, 2.05) is 48.6 Å². The van der Waals surface area contributed by atoms with Crippen LogP contribution >= 0.6 is 0 Å². The number of aromatic hydroxyl groups is 1. The molecule has 31 heavy (non-hydrogen) atoms. The molecule has 0 aliphatic carbocycles. The van der Waals surface area contributed by atoms with Gasteiger partial charge in [0.1, 0.15) is 0 Å². The van der Waals surface area contributed by atoms with Crippen LogP contribution in [0.3, 0.4) is 0 Å². The summed E-state index contributed by atoms with van der Waals surface area (Å²) in [5.74, 6) is 0.435. The number of hydrazone groups is 1. The van der Waals surface area contributed by atoms with Crippen molar-refractivity contribution in [3.63, 3.8) is 0 Å². The van der Waals surface area contributed by atoms with Gasteiger partial charge in [0.25, 0.3) is 5.91 Å². The highest BCUT2D eigenvalue weighted by atomic mass is 35.5. The van der Waals surface area contributed by atoms with Crippen LogP contribution in [0.25, 0.3) is 6.08 Å². The van der Waals surface area contributed by atoms with Crippen molar-refractivity contribution in [2.75, 3.05) is 12.1 Å². The molecule has 0 saturated carbocycles. The van der Waals surface area contributed by atoms with Gasteiger partial charge in [0.15, 0.2) is 17.3 Å². The minimum Gasteiger partial charge on any atom is -1.00 e. The highest BCUT2D eigenvalue weighted by molar-refractivity contribution is 6.20. The number of carbonyl (C=O) groups is 1. The third-order valence-corrected chi connectivity index (χ3v) is 4.88. The average molecular weight is 435 g/mol. The van der Waals surface area contributed by atoms with Crippen molar-refractivity contribution >= 4 is 23.5 Å². The molecule has 3 aromatic rings. The molecule has 0 fully saturated rings. The molecule has 1 amide bonds. The molecule has 1 atom stereocenters. The van der Waals surface area contributed by atoms with E-state index in [1.54, 1.807) is 36.5 Å². The van der Waals surface area contributed by atoms with Crippen molar-refractivity contribution in [1.82, 2.24) is 4.98 Å². The molecule has 0 spiro atoms. The topological polar surface area (TPSA) is 75.0 Å². The van der Waals surface area contributed by atoms with Crippen LogP contribution in [0.5, 0.6) is 11.5 Å². The summed E-state index contributed by atoms with van der Waals surface area (Å²) in [6.45, 7) is 0. The fourth-order valence-electron chi connectivity index (χ4n) is 3.32. The van der Waals surface area contributed by atoms with Crippen LogP contribution in [0.2, 0.25) is 0 Å². The number of halogens is 1. The van der Waals surface area contributed by atoms with Gasteiger partial charge in [-0.05, 0) is 47.9 Å². The number of hydrogen-bond donors (Lipinski definition) is 1. The fraction of sp³-hybridized carbons (Fsp3) is 0.125. The minimum atomic E-state index is -0.412. The summed E-state index contributed by atoms with van der Waals surface area (Å²) >= 11 is 0. The van der Waals surface area contributed by atoms with Crippen molar-refractivity contribution in [3.05, 3.63) is 90.1 Å². The molecule has 0 saturated heterocycles. The number of nitrogens with zero attached hydrogens (tertiary/aromatic N) is 3. The summed E-state index contributed by atoms with van der Waals surface area (Å²) in [4.78, 5) is 17.4. The molecule has 1 unspecified atom stereocenters. The fourth-order valence-corrected chi connectivity index (χ4v) is 3.32. The number of anilines is 1. The Kier molecular flexibility index (Phi) is 7.05. The number of hydrogen-bond acceptors (Lipinski definition) is 5. The molecule has 6 nitrogen and oxygen atoms in total. The Bertz CT molecular complexity index is 1100. The van der Waals surface area contributed by atoms with E-state index in [0.29, 0.717) is 23.7 Å². The molecule has 2 aromatic carbocycles. The number of aromatic nitrogens is 1. The van der Waals surface area contributed by atoms with Gasteiger partial charge in [0.05, 0.1) is 18.7 Å². The number of methoxy groups -OCH3 is 1. The summed E-state index contributed by atoms with van der Waals surface area (Å²) in [6, 6.07) is 20.3. The Labute approximate surface area is 186 Å². The number of ether oxygens (including phenoxy) is 1. The van der Waals surface area contributed by atoms with Crippen LogP contribution in [0, 0.1) is 5.92 Å². The molecule has 1 aliphatic heterocycles. The van der Waals surface area contributed by atoms with Crippen LogP contribution in [0.15, 0.2) is 84.1 Å². The van der Waals surface area contributed by atoms with E-state index >= 15 is 0 Å². The molecule has 4 rings (SSSR count). The molecule has 0 bridgehead atoms. The van der Waals surface area contributed by atoms with Gasteiger partial charge in [-0.1, -0.05) is 48.5 Å². The summed E-state index contributed by atoms with van der Waals surface area (Å²) in [5.41, 5.74) is 2.54. The first kappa shape index (κ1) is 22.1. The molecular formula is C24H21ClN3O3-. The molecular weight excluding hydrogens is 414 g/mol. The SMILES string of the molecule is COc1cc(/C=C/C2=NN(c3ccccn3)C(=O)C2Cc2ccccc2)ccc1O.[Cl-]. The maximum Gasteiger partial charge on any atom is 0.258 e. The van der Waals surface area contributed by atoms with E-state index in [2.05, 4.69) is 10.1 Å². The maximum atomic E-state index is 13.2. The molecule has 1 aromatic heterocycles. The zero-order valence-electron chi connectivity index (χ0n) is 16.9. The predicted molar refractivity (Wildman–Crippen MR) is 116 cm³/mol. The highest BCUT2D eigenvalue weighted by Gasteiger charge is 2.36. The minimum absolute atomic E-state index is 0. The van der Waals surface area contributed by atoms with Gasteiger partial charge in [0, 0.05) is 6.20 Å². The largest absolute Gasteiger partial charge is 1.00 e. The normalized spacial score (nSPS) is 15.6. The van der Waals surface area contributed by atoms with Crippen LogP contribution < -0.4 is 22.2 Å². The zero-order chi connectivity index (χ0) is 20.9. The molecule has 7 heteroatoms. The van der Waals surface area contributed by atoms with E-state index in [1.165, 1.54) is 12.1 Å². The Balaban J connectivity index is 0.00000272. The number of carbonyl (C=O) groups excluding carboxylic acids is 1. The lowest BCUT2D eigenvalue weighted by Crippen LogP contribution is -3.00. The molecule has 1 N–H and O–H groups in total. The highest BCUT2D eigenvalue weighted by Crippen LogP contribution is 2.28. The van der Waals surface area contributed by atoms with Gasteiger partial charge in [-0.2, -0.15) is 10.1 Å². The third-order valence-electron chi connectivity index (χ3n) is 4.88. The number of rotatable bonds is 6. The van der Waals surface area contributed by atoms with Gasteiger partial charge in [-0.25, -0.2) is 4.98 Å². The summed E-state index contributed by atoms with van der Waals surface area (Å²) < 4.78 is 5.16. The summed E-state index contributed by atoms with van der Waals surface area (Å²) in [7, 11) is 1.50. The number of amides is 1. The lowest BCUT2D eigenvalue weighted by atomic mass is 9.94. The van der Waals surface area contributed by atoms with Gasteiger partial charge >= 0.3 is 0 Å². The first-order valence-corrected chi connectivity index (χ1v) is 9.58. The Morgan fingerprint density at radius 3 is 2.55 bits per heavy atom. The standard InChI is InChI=1S/C24H21N3O3.ClH/c1-30-22-16-18(11-13-21(22)28)10-12-20-19(15-17-7-3-2-4-8-17)24(29)27(26-20)23-9-5-6-14-25-23;/h2-14,16,19,28H,15H2,1H3;1H/p-1/b12-10+;. The first-order chi connectivity index (χ1) is 14.7. The molecule has 0 radical (unpaired) electrons. The second kappa shape index (κ2) is 9.91. The quantitative estimate of drug-likeness (QED) is 0.630. The Morgan fingerprint density at radius 2 is 1.84 bits per heavy atom. The van der Waals surface area contributed by atoms with E-state index in [0.717, 1.165) is 11.1 Å². The van der Waals surface area contributed by atoms with Crippen LogP contribution in [0.1, 0.15) is 11.1 Å². The number of pyridine rings is 1. The first-order valence-electron chi connectivity index (χ1n) is 9.58. The summed E-state index contributed by atoms with van der Waals surface area (Å²) in [6.07, 6.45) is 5.88. The van der Waals surface area contributed by atoms with E-state index in [9.17, 15) is 9.90 Å². The average Bonchev–Trinajstić information content (AvgIpc) is 3.10. The van der Waals surface area contributed by atoms with Crippen molar-refractivity contribution in [3.8, 4) is 11.5 Å². The van der Waals surface area contributed by atoms with E-state index in [4.69, 9.17) is 4.74 Å². The zero-order valence-corrected chi connectivity index (χ0v) is 17.6. The van der Waals surface area contributed by atoms with Crippen LogP contribution in [0.4, 0.5) is 5.82 Å². The second-order valence-corrected chi connectivity index (χ2v) is 6.87. The molecule has 1 aliphatic rings. The smallest absolute Gasteiger partial charge is 0.258 e. The van der Waals surface area contributed by atoms with Crippen molar-refractivity contribution in [2.45, 2.75) is 6.42 Å². The van der Waals surface area contributed by atoms with Crippen LogP contribution in [-0.2, 0) is 11.2 Å². The number of benzene rings is 2. The van der Waals surface area contributed by atoms with Gasteiger partial charge < -0.3 is 22.3 Å². The predicted octanol–water partition coefficient (Wildman–Crippen LogP) is 1.07. The monoisotopic (exact) mass is 434 g/mol. The van der Waals surface area contributed by atoms with Crippen LogP contribution in [-0.4, -0.2) is 28.8 Å². The lowest BCUT2D eigenvalue weighted by Gasteiger charge is -2.13. The van der Waals surface area contributed by atoms with Gasteiger partial charge in [0.2, 0.25) is 0 Å². The maximum absolute atomic E-state index is 13.2. The van der Waals surface area contributed by atoms with Crippen molar-refractivity contribution in [2.24, 2.45) is 11.0 Å². The Hall–Kier alpha value is -3.64. The number of phenols is 1. The van der Waals surface area contributed by atoms with Crippen molar-refractivity contribution < 1.29 is 27.0 Å².